The Morgan fingerprint density at radius 2 is 2.19 bits per heavy atom. The zero-order chi connectivity index (χ0) is 15.5. The number of aromatic nitrogens is 2. The number of aryl methyl sites for hydroxylation is 2. The van der Waals surface area contributed by atoms with E-state index in [4.69, 9.17) is 0 Å². The molecule has 2 N–H and O–H groups in total. The molecule has 0 aliphatic carbocycles. The molecule has 120 valence electrons. The molecule has 1 unspecified atom stereocenters. The lowest BCUT2D eigenvalue weighted by atomic mass is 10.0. The largest absolute Gasteiger partial charge is 0.296 e. The van der Waals surface area contributed by atoms with E-state index in [0.717, 1.165) is 37.3 Å². The third-order valence-corrected chi connectivity index (χ3v) is 5.61. The van der Waals surface area contributed by atoms with Crippen molar-refractivity contribution in [3.63, 3.8) is 0 Å². The monoisotopic (exact) mass is 314 g/mol. The van der Waals surface area contributed by atoms with E-state index in [1.807, 2.05) is 6.92 Å². The summed E-state index contributed by atoms with van der Waals surface area (Å²) < 4.78 is 25.4. The van der Waals surface area contributed by atoms with Crippen LogP contribution < -0.4 is 4.72 Å². The number of H-pyrrole nitrogens is 1. The van der Waals surface area contributed by atoms with E-state index in [1.165, 1.54) is 12.0 Å². The molecule has 1 aromatic rings. The molecule has 0 bridgehead atoms. The minimum Gasteiger partial charge on any atom is -0.296 e. The average Bonchev–Trinajstić information content (AvgIpc) is 3.02. The molecule has 0 amide bonds. The average molecular weight is 314 g/mol. The molecule has 0 saturated carbocycles. The molecule has 7 heteroatoms. The van der Waals surface area contributed by atoms with Crippen molar-refractivity contribution in [2.24, 2.45) is 0 Å². The number of hydrogen-bond acceptors (Lipinski definition) is 4. The highest BCUT2D eigenvalue weighted by Gasteiger charge is 2.29. The third kappa shape index (κ3) is 4.05. The number of sulfonamides is 1. The fourth-order valence-corrected chi connectivity index (χ4v) is 3.74. The van der Waals surface area contributed by atoms with Gasteiger partial charge in [-0.3, -0.25) is 10.00 Å². The molecule has 6 nitrogen and oxygen atoms in total. The van der Waals surface area contributed by atoms with Crippen LogP contribution in [-0.4, -0.2) is 48.9 Å². The third-order valence-electron chi connectivity index (χ3n) is 4.21. The summed E-state index contributed by atoms with van der Waals surface area (Å²) in [6.07, 6.45) is 3.18. The van der Waals surface area contributed by atoms with E-state index in [9.17, 15) is 8.42 Å². The number of nitrogens with zero attached hydrogens (tertiary/aromatic N) is 2. The van der Waals surface area contributed by atoms with Gasteiger partial charge in [-0.05, 0) is 53.1 Å². The Labute approximate surface area is 127 Å². The standard InChI is InChI=1S/C14H26N4O2S/c1-4-21(19,20)15-8-6-10-18-9-5-7-13(18)14-11(2)16-17-12(14)3/h13,15H,4-10H2,1-3H3,(H,16,17). The zero-order valence-electron chi connectivity index (χ0n) is 13.1. The minimum atomic E-state index is -3.07. The van der Waals surface area contributed by atoms with Crippen LogP contribution in [0.5, 0.6) is 0 Å². The summed E-state index contributed by atoms with van der Waals surface area (Å²) in [6, 6.07) is 0.423. The summed E-state index contributed by atoms with van der Waals surface area (Å²) >= 11 is 0. The summed E-state index contributed by atoms with van der Waals surface area (Å²) in [7, 11) is -3.07. The van der Waals surface area contributed by atoms with Crippen molar-refractivity contribution in [3.8, 4) is 0 Å². The zero-order valence-corrected chi connectivity index (χ0v) is 14.0. The van der Waals surface area contributed by atoms with Crippen LogP contribution in [0.25, 0.3) is 0 Å². The van der Waals surface area contributed by atoms with Crippen molar-refractivity contribution in [2.45, 2.75) is 46.1 Å². The molecule has 0 spiro atoms. The van der Waals surface area contributed by atoms with Crippen LogP contribution in [0.15, 0.2) is 0 Å². The Bertz CT molecular complexity index is 548. The van der Waals surface area contributed by atoms with Gasteiger partial charge in [-0.1, -0.05) is 0 Å². The molecule has 21 heavy (non-hydrogen) atoms. The molecule has 2 heterocycles. The lowest BCUT2D eigenvalue weighted by Crippen LogP contribution is -2.31. The van der Waals surface area contributed by atoms with Gasteiger partial charge in [-0.25, -0.2) is 13.1 Å². The van der Waals surface area contributed by atoms with Crippen LogP contribution in [0.1, 0.15) is 49.2 Å². The molecule has 1 fully saturated rings. The predicted molar refractivity (Wildman–Crippen MR) is 83.7 cm³/mol. The molecular formula is C14H26N4O2S. The van der Waals surface area contributed by atoms with Gasteiger partial charge in [0, 0.05) is 23.8 Å². The van der Waals surface area contributed by atoms with Crippen LogP contribution in [-0.2, 0) is 10.0 Å². The van der Waals surface area contributed by atoms with Crippen LogP contribution in [0.2, 0.25) is 0 Å². The molecule has 2 rings (SSSR count). The van der Waals surface area contributed by atoms with Crippen LogP contribution in [0.3, 0.4) is 0 Å². The van der Waals surface area contributed by atoms with Crippen LogP contribution in [0, 0.1) is 13.8 Å². The number of aromatic amines is 1. The lowest BCUT2D eigenvalue weighted by molar-refractivity contribution is 0.253. The topological polar surface area (TPSA) is 78.1 Å². The number of hydrogen-bond donors (Lipinski definition) is 2. The van der Waals surface area contributed by atoms with Crippen molar-refractivity contribution >= 4 is 10.0 Å². The van der Waals surface area contributed by atoms with Crippen molar-refractivity contribution in [1.82, 2.24) is 19.8 Å². The van der Waals surface area contributed by atoms with E-state index in [0.29, 0.717) is 12.6 Å². The highest BCUT2D eigenvalue weighted by atomic mass is 32.2. The van der Waals surface area contributed by atoms with Gasteiger partial charge in [0.2, 0.25) is 10.0 Å². The first kappa shape index (κ1) is 16.5. The SMILES string of the molecule is CCS(=O)(=O)NCCCN1CCCC1c1c(C)n[nH]c1C. The highest BCUT2D eigenvalue weighted by Crippen LogP contribution is 2.34. The smallest absolute Gasteiger partial charge is 0.211 e. The summed E-state index contributed by atoms with van der Waals surface area (Å²) in [4.78, 5) is 2.45. The molecule has 1 saturated heterocycles. The minimum absolute atomic E-state index is 0.146. The molecule has 1 aromatic heterocycles. The Kier molecular flexibility index (Phi) is 5.40. The van der Waals surface area contributed by atoms with Crippen molar-refractivity contribution < 1.29 is 8.42 Å². The summed E-state index contributed by atoms with van der Waals surface area (Å²) in [5.41, 5.74) is 3.55. The second kappa shape index (κ2) is 6.89. The van der Waals surface area contributed by atoms with E-state index < -0.39 is 10.0 Å². The first-order chi connectivity index (χ1) is 9.94. The van der Waals surface area contributed by atoms with Gasteiger partial charge in [0.15, 0.2) is 0 Å². The van der Waals surface area contributed by atoms with Gasteiger partial charge in [-0.2, -0.15) is 5.10 Å². The molecular weight excluding hydrogens is 288 g/mol. The Balaban J connectivity index is 1.89. The normalized spacial score (nSPS) is 20.2. The quantitative estimate of drug-likeness (QED) is 0.748. The van der Waals surface area contributed by atoms with E-state index in [2.05, 4.69) is 26.7 Å². The summed E-state index contributed by atoms with van der Waals surface area (Å²) in [5, 5.41) is 7.35. The number of rotatable bonds is 7. The van der Waals surface area contributed by atoms with Gasteiger partial charge in [-0.15, -0.1) is 0 Å². The maximum absolute atomic E-state index is 11.4. The van der Waals surface area contributed by atoms with Gasteiger partial charge in [0.05, 0.1) is 11.4 Å². The van der Waals surface area contributed by atoms with Gasteiger partial charge >= 0.3 is 0 Å². The van der Waals surface area contributed by atoms with Gasteiger partial charge in [0.1, 0.15) is 0 Å². The second-order valence-corrected chi connectivity index (χ2v) is 7.79. The molecule has 1 aliphatic heterocycles. The molecule has 1 aliphatic rings. The molecule has 0 aromatic carbocycles. The van der Waals surface area contributed by atoms with Crippen molar-refractivity contribution in [2.75, 3.05) is 25.4 Å². The Morgan fingerprint density at radius 1 is 1.43 bits per heavy atom. The summed E-state index contributed by atoms with van der Waals surface area (Å²) in [6.45, 7) is 8.29. The van der Waals surface area contributed by atoms with Crippen molar-refractivity contribution in [1.29, 1.82) is 0 Å². The summed E-state index contributed by atoms with van der Waals surface area (Å²) in [5.74, 6) is 0.146. The van der Waals surface area contributed by atoms with E-state index in [-0.39, 0.29) is 5.75 Å². The maximum Gasteiger partial charge on any atom is 0.211 e. The van der Waals surface area contributed by atoms with Crippen LogP contribution in [0.4, 0.5) is 0 Å². The first-order valence-corrected chi connectivity index (χ1v) is 9.32. The lowest BCUT2D eigenvalue weighted by Gasteiger charge is -2.25. The Hall–Kier alpha value is -0.920. The van der Waals surface area contributed by atoms with Crippen molar-refractivity contribution in [3.05, 3.63) is 17.0 Å². The Morgan fingerprint density at radius 3 is 2.81 bits per heavy atom. The number of likely N-dealkylation sites (tertiary alicyclic amines) is 1. The van der Waals surface area contributed by atoms with E-state index in [1.54, 1.807) is 6.92 Å². The second-order valence-electron chi connectivity index (χ2n) is 5.69. The van der Waals surface area contributed by atoms with E-state index >= 15 is 0 Å². The molecule has 0 radical (unpaired) electrons. The number of nitrogens with one attached hydrogen (secondary N) is 2. The van der Waals surface area contributed by atoms with Crippen LogP contribution >= 0.6 is 0 Å². The fraction of sp³-hybridized carbons (Fsp3) is 0.786. The predicted octanol–water partition coefficient (Wildman–Crippen LogP) is 1.49. The fourth-order valence-electron chi connectivity index (χ4n) is 3.08. The molecule has 1 atom stereocenters. The first-order valence-electron chi connectivity index (χ1n) is 7.67. The maximum atomic E-state index is 11.4. The van der Waals surface area contributed by atoms with Gasteiger partial charge < -0.3 is 0 Å². The van der Waals surface area contributed by atoms with Gasteiger partial charge in [0.25, 0.3) is 0 Å². The highest BCUT2D eigenvalue weighted by molar-refractivity contribution is 7.89.